The van der Waals surface area contributed by atoms with Crippen molar-refractivity contribution in [3.05, 3.63) is 40.9 Å². The lowest BCUT2D eigenvalue weighted by atomic mass is 9.39. The summed E-state index contributed by atoms with van der Waals surface area (Å²) in [6.45, 7) is 8.17. The van der Waals surface area contributed by atoms with E-state index < -0.39 is 27.9 Å². The van der Waals surface area contributed by atoms with E-state index in [0.717, 1.165) is 6.42 Å². The van der Waals surface area contributed by atoms with Crippen molar-refractivity contribution in [2.24, 2.45) is 21.7 Å². The van der Waals surface area contributed by atoms with Crippen LogP contribution < -0.4 is 15.9 Å². The number of carbonyl (C=O) groups is 1. The third-order valence-electron chi connectivity index (χ3n) is 5.81. The zero-order chi connectivity index (χ0) is 20.1. The molecule has 1 fully saturated rings. The van der Waals surface area contributed by atoms with Gasteiger partial charge in [0, 0.05) is 23.1 Å². The maximum atomic E-state index is 12.7. The maximum absolute atomic E-state index is 12.7. The van der Waals surface area contributed by atoms with Crippen LogP contribution in [0.2, 0.25) is 5.02 Å². The van der Waals surface area contributed by atoms with Crippen LogP contribution in [0, 0.1) is 22.2 Å². The first-order chi connectivity index (χ1) is 12.5. The Bertz CT molecular complexity index is 884. The van der Waals surface area contributed by atoms with Gasteiger partial charge >= 0.3 is 0 Å². The number of hydrazone groups is 1. The van der Waals surface area contributed by atoms with Gasteiger partial charge in [-0.2, -0.15) is 10.4 Å². The van der Waals surface area contributed by atoms with Crippen molar-refractivity contribution in [2.75, 3.05) is 0 Å². The van der Waals surface area contributed by atoms with Gasteiger partial charge in [0.2, 0.25) is 0 Å². The molecule has 3 rings (SSSR count). The molecule has 0 bridgehead atoms. The monoisotopic (exact) mass is 386 g/mol. The zero-order valence-electron chi connectivity index (χ0n) is 15.8. The summed E-state index contributed by atoms with van der Waals surface area (Å²) in [6.07, 6.45) is 5.79. The van der Waals surface area contributed by atoms with Crippen LogP contribution in [-0.4, -0.2) is 23.3 Å². The van der Waals surface area contributed by atoms with Crippen molar-refractivity contribution in [1.29, 1.82) is 5.26 Å². The second-order valence-electron chi connectivity index (χ2n) is 8.40. The van der Waals surface area contributed by atoms with E-state index >= 15 is 0 Å². The summed E-state index contributed by atoms with van der Waals surface area (Å²) < 4.78 is 6.57. The Morgan fingerprint density at radius 1 is 1.33 bits per heavy atom. The van der Waals surface area contributed by atoms with E-state index in [2.05, 4.69) is 10.5 Å². The van der Waals surface area contributed by atoms with Gasteiger partial charge in [0.25, 0.3) is 5.91 Å². The highest BCUT2D eigenvalue weighted by molar-refractivity contribution is 6.31. The molecule has 7 heteroatoms. The Kier molecular flexibility index (Phi) is 4.28. The highest BCUT2D eigenvalue weighted by Crippen LogP contribution is 2.67. The minimum atomic E-state index is -1.34. The molecule has 0 aromatic heterocycles. The molecule has 142 valence electrons. The van der Waals surface area contributed by atoms with Crippen molar-refractivity contribution < 1.29 is 9.53 Å². The lowest BCUT2D eigenvalue weighted by molar-refractivity contribution is -0.258. The molecule has 1 heterocycles. The number of hydrogen-bond acceptors (Lipinski definition) is 5. The molecule has 6 nitrogen and oxygen atoms in total. The number of ether oxygens (including phenoxy) is 1. The fourth-order valence-electron chi connectivity index (χ4n) is 5.33. The van der Waals surface area contributed by atoms with Crippen LogP contribution in [0.3, 0.4) is 0 Å². The number of carbonyl (C=O) groups excluding carboxylic acids is 1. The molecule has 1 amide bonds. The van der Waals surface area contributed by atoms with E-state index in [0.29, 0.717) is 16.3 Å². The predicted octanol–water partition coefficient (Wildman–Crippen LogP) is 3.15. The summed E-state index contributed by atoms with van der Waals surface area (Å²) in [5.74, 6) is -0.110. The normalized spacial score (nSPS) is 26.4. The number of nitriles is 1. The second-order valence-corrected chi connectivity index (χ2v) is 8.81. The van der Waals surface area contributed by atoms with Gasteiger partial charge in [-0.1, -0.05) is 39.3 Å². The lowest BCUT2D eigenvalue weighted by Crippen LogP contribution is -2.85. The summed E-state index contributed by atoms with van der Waals surface area (Å²) in [5.41, 5.74) is 6.00. The number of rotatable bonds is 4. The van der Waals surface area contributed by atoms with E-state index in [9.17, 15) is 4.79 Å². The first-order valence-electron chi connectivity index (χ1n) is 8.70. The number of nitrogens with zero attached hydrogens (tertiary/aromatic N) is 2. The van der Waals surface area contributed by atoms with Crippen LogP contribution >= 0.6 is 11.6 Å². The average Bonchev–Trinajstić information content (AvgIpc) is 2.59. The Morgan fingerprint density at radius 3 is 2.44 bits per heavy atom. The molecule has 1 saturated carbocycles. The zero-order valence-corrected chi connectivity index (χ0v) is 16.6. The number of nitrogens with two attached hydrogens (primary N) is 1. The van der Waals surface area contributed by atoms with E-state index in [-0.39, 0.29) is 0 Å². The molecule has 1 aromatic rings. The van der Waals surface area contributed by atoms with Crippen LogP contribution in [0.4, 0.5) is 0 Å². The average molecular weight is 387 g/mol. The molecule has 2 aliphatic rings. The first kappa shape index (κ1) is 19.2. The lowest BCUT2D eigenvalue weighted by Gasteiger charge is -2.70. The predicted molar refractivity (Wildman–Crippen MR) is 104 cm³/mol. The van der Waals surface area contributed by atoms with Crippen molar-refractivity contribution >= 4 is 23.7 Å². The topological polar surface area (TPSA) is 100 Å². The molecule has 0 spiro atoms. The summed E-state index contributed by atoms with van der Waals surface area (Å²) in [5, 5.41) is 13.5. The molecule has 27 heavy (non-hydrogen) atoms. The smallest absolute Gasteiger partial charge is 0.252 e. The van der Waals surface area contributed by atoms with E-state index in [1.165, 1.54) is 0 Å². The van der Waals surface area contributed by atoms with Crippen LogP contribution in [0.15, 0.2) is 35.5 Å². The molecule has 1 aliphatic heterocycles. The van der Waals surface area contributed by atoms with E-state index in [1.807, 2.05) is 33.8 Å². The van der Waals surface area contributed by atoms with Crippen LogP contribution in [-0.2, 0) is 4.79 Å². The van der Waals surface area contributed by atoms with Gasteiger partial charge in [-0.05, 0) is 30.7 Å². The second kappa shape index (κ2) is 6.00. The largest absolute Gasteiger partial charge is 0.483 e. The fraction of sp³-hybridized carbons (Fsp3) is 0.450. The highest BCUT2D eigenvalue weighted by atomic mass is 35.5. The quantitative estimate of drug-likeness (QED) is 0.829. The molecule has 0 radical (unpaired) electrons. The molecule has 1 aromatic carbocycles. The Morgan fingerprint density at radius 2 is 2.00 bits per heavy atom. The summed E-state index contributed by atoms with van der Waals surface area (Å²) in [7, 11) is 0. The molecule has 3 N–H and O–H groups in total. The third kappa shape index (κ3) is 2.45. The van der Waals surface area contributed by atoms with Gasteiger partial charge in [-0.15, -0.1) is 0 Å². The van der Waals surface area contributed by atoms with Gasteiger partial charge < -0.3 is 10.5 Å². The molecule has 1 atom stereocenters. The highest BCUT2D eigenvalue weighted by Gasteiger charge is 2.78. The number of amides is 1. The molecule has 1 unspecified atom stereocenters. The van der Waals surface area contributed by atoms with E-state index in [1.54, 1.807) is 36.6 Å². The SMILES string of the molecule is CC1(C)CC(C)(C)C1(Oc1ccc(C#N)c(Cl)c1)C1(C(N)=O)C=CC=NN1. The maximum Gasteiger partial charge on any atom is 0.252 e. The van der Waals surface area contributed by atoms with Gasteiger partial charge in [0.15, 0.2) is 11.1 Å². The van der Waals surface area contributed by atoms with Gasteiger partial charge in [0.05, 0.1) is 10.6 Å². The van der Waals surface area contributed by atoms with Gasteiger partial charge in [0.1, 0.15) is 11.8 Å². The number of nitrogens with one attached hydrogen (secondary N) is 1. The number of halogens is 1. The van der Waals surface area contributed by atoms with E-state index in [4.69, 9.17) is 27.3 Å². The standard InChI is InChI=1S/C20H23ClN4O2/c1-17(2)12-18(3,4)20(17,19(16(23)26)8-5-9-24-25-19)27-14-7-6-13(11-22)15(21)10-14/h5-10,25H,12H2,1-4H3,(H2,23,26). The molecular weight excluding hydrogens is 364 g/mol. The number of benzene rings is 1. The van der Waals surface area contributed by atoms with Crippen LogP contribution in [0.1, 0.15) is 39.7 Å². The van der Waals surface area contributed by atoms with Crippen molar-refractivity contribution in [3.63, 3.8) is 0 Å². The van der Waals surface area contributed by atoms with Crippen LogP contribution in [0.5, 0.6) is 5.75 Å². The fourth-order valence-corrected chi connectivity index (χ4v) is 5.54. The Balaban J connectivity index is 2.20. The Hall–Kier alpha value is -2.52. The van der Waals surface area contributed by atoms with Crippen LogP contribution in [0.25, 0.3) is 0 Å². The Labute approximate surface area is 164 Å². The van der Waals surface area contributed by atoms with Crippen molar-refractivity contribution in [3.8, 4) is 11.8 Å². The minimum absolute atomic E-state index is 0.290. The first-order valence-corrected chi connectivity index (χ1v) is 9.07. The molecule has 0 saturated heterocycles. The van der Waals surface area contributed by atoms with Gasteiger partial charge in [-0.3, -0.25) is 10.2 Å². The number of allylic oxidation sites excluding steroid dienone is 1. The minimum Gasteiger partial charge on any atom is -0.483 e. The summed E-state index contributed by atoms with van der Waals surface area (Å²) in [4.78, 5) is 12.7. The molecular formula is C20H23ClN4O2. The molecule has 1 aliphatic carbocycles. The number of hydrogen-bond donors (Lipinski definition) is 2. The summed E-state index contributed by atoms with van der Waals surface area (Å²) >= 11 is 6.20. The third-order valence-corrected chi connectivity index (χ3v) is 6.13. The number of primary amides is 1. The van der Waals surface area contributed by atoms with Gasteiger partial charge in [-0.25, -0.2) is 0 Å². The summed E-state index contributed by atoms with van der Waals surface area (Å²) in [6, 6.07) is 6.91. The van der Waals surface area contributed by atoms with Crippen molar-refractivity contribution in [1.82, 2.24) is 5.43 Å². The van der Waals surface area contributed by atoms with Crippen molar-refractivity contribution in [2.45, 2.75) is 45.3 Å².